The van der Waals surface area contributed by atoms with E-state index in [4.69, 9.17) is 17.3 Å². The monoisotopic (exact) mass is 333 g/mol. The van der Waals surface area contributed by atoms with E-state index in [1.165, 1.54) is 0 Å². The van der Waals surface area contributed by atoms with Crippen LogP contribution in [0.3, 0.4) is 0 Å². The van der Waals surface area contributed by atoms with Gasteiger partial charge in [-0.15, -0.1) is 5.10 Å². The Kier molecular flexibility index (Phi) is 4.63. The highest BCUT2D eigenvalue weighted by Gasteiger charge is 2.27. The number of carbonyl (C=O) groups is 1. The summed E-state index contributed by atoms with van der Waals surface area (Å²) in [6, 6.07) is 7.55. The number of carbonyl (C=O) groups excluding carboxylic acids is 1. The minimum absolute atomic E-state index is 0.0676. The average Bonchev–Trinajstić information content (AvgIpc) is 2.98. The van der Waals surface area contributed by atoms with Crippen LogP contribution in [-0.2, 0) is 6.42 Å². The Hall–Kier alpha value is -1.92. The van der Waals surface area contributed by atoms with E-state index in [2.05, 4.69) is 10.3 Å². The molecule has 1 aromatic carbocycles. The van der Waals surface area contributed by atoms with Crippen LogP contribution in [0, 0.1) is 0 Å². The molecule has 2 heterocycles. The average molecular weight is 334 g/mol. The van der Waals surface area contributed by atoms with Gasteiger partial charge in [-0.1, -0.05) is 29.8 Å². The maximum atomic E-state index is 12.7. The van der Waals surface area contributed by atoms with Crippen molar-refractivity contribution in [1.29, 1.82) is 0 Å². The number of amides is 1. The van der Waals surface area contributed by atoms with E-state index in [1.54, 1.807) is 10.7 Å². The van der Waals surface area contributed by atoms with E-state index in [-0.39, 0.29) is 11.9 Å². The van der Waals surface area contributed by atoms with E-state index in [0.717, 1.165) is 24.2 Å². The van der Waals surface area contributed by atoms with Gasteiger partial charge in [0.25, 0.3) is 5.91 Å². The molecule has 1 aliphatic rings. The van der Waals surface area contributed by atoms with Crippen LogP contribution in [0.25, 0.3) is 5.69 Å². The molecule has 0 aliphatic carbocycles. The Morgan fingerprint density at radius 2 is 2.13 bits per heavy atom. The second-order valence-corrected chi connectivity index (χ2v) is 6.20. The molecule has 0 saturated carbocycles. The maximum absolute atomic E-state index is 12.7. The molecule has 1 aromatic heterocycles. The standard InChI is InChI=1S/C16H20ClN5O/c1-2-14-15(16(23)21-8-6-12(18)7-9-21)19-20-22(14)13-5-3-4-11(17)10-13/h3-5,10,12H,2,6-9,18H2,1H3. The molecule has 0 spiro atoms. The van der Waals surface area contributed by atoms with Gasteiger partial charge in [-0.25, -0.2) is 4.68 Å². The normalized spacial score (nSPS) is 15.9. The summed E-state index contributed by atoms with van der Waals surface area (Å²) in [6.45, 7) is 3.34. The summed E-state index contributed by atoms with van der Waals surface area (Å²) in [5.74, 6) is -0.0676. The van der Waals surface area contributed by atoms with Crippen molar-refractivity contribution in [3.05, 3.63) is 40.7 Å². The van der Waals surface area contributed by atoms with Crippen LogP contribution in [-0.4, -0.2) is 44.9 Å². The molecule has 0 bridgehead atoms. The number of likely N-dealkylation sites (tertiary alicyclic amines) is 1. The van der Waals surface area contributed by atoms with Crippen molar-refractivity contribution in [3.63, 3.8) is 0 Å². The van der Waals surface area contributed by atoms with Gasteiger partial charge in [0.1, 0.15) is 0 Å². The van der Waals surface area contributed by atoms with Crippen LogP contribution in [0.4, 0.5) is 0 Å². The molecule has 1 saturated heterocycles. The fourth-order valence-corrected chi connectivity index (χ4v) is 3.04. The fraction of sp³-hybridized carbons (Fsp3) is 0.438. The van der Waals surface area contributed by atoms with Gasteiger partial charge in [-0.05, 0) is 37.5 Å². The summed E-state index contributed by atoms with van der Waals surface area (Å²) in [5.41, 5.74) is 7.93. The summed E-state index contributed by atoms with van der Waals surface area (Å²) >= 11 is 6.05. The molecule has 1 aliphatic heterocycles. The molecule has 1 fully saturated rings. The highest BCUT2D eigenvalue weighted by molar-refractivity contribution is 6.30. The van der Waals surface area contributed by atoms with Crippen molar-refractivity contribution in [2.75, 3.05) is 13.1 Å². The number of piperidine rings is 1. The largest absolute Gasteiger partial charge is 0.337 e. The van der Waals surface area contributed by atoms with Gasteiger partial charge in [0.2, 0.25) is 0 Å². The molecule has 2 N–H and O–H groups in total. The number of nitrogens with two attached hydrogens (primary N) is 1. The Morgan fingerprint density at radius 1 is 1.39 bits per heavy atom. The SMILES string of the molecule is CCc1c(C(=O)N2CCC(N)CC2)nnn1-c1cccc(Cl)c1. The number of benzene rings is 1. The maximum Gasteiger partial charge on any atom is 0.276 e. The number of nitrogens with zero attached hydrogens (tertiary/aromatic N) is 4. The van der Waals surface area contributed by atoms with Crippen LogP contribution in [0.5, 0.6) is 0 Å². The Labute approximate surface area is 140 Å². The molecular formula is C16H20ClN5O. The first-order valence-corrected chi connectivity index (χ1v) is 8.23. The van der Waals surface area contributed by atoms with Crippen molar-refractivity contribution < 1.29 is 4.79 Å². The molecule has 0 radical (unpaired) electrons. The van der Waals surface area contributed by atoms with Crippen molar-refractivity contribution in [2.45, 2.75) is 32.2 Å². The third-order valence-corrected chi connectivity index (χ3v) is 4.42. The molecule has 122 valence electrons. The Morgan fingerprint density at radius 3 is 2.78 bits per heavy atom. The number of halogens is 1. The zero-order chi connectivity index (χ0) is 16.4. The second-order valence-electron chi connectivity index (χ2n) is 5.76. The molecule has 1 amide bonds. The number of rotatable bonds is 3. The predicted molar refractivity (Wildman–Crippen MR) is 88.9 cm³/mol. The van der Waals surface area contributed by atoms with Gasteiger partial charge in [0, 0.05) is 24.2 Å². The quantitative estimate of drug-likeness (QED) is 0.932. The van der Waals surface area contributed by atoms with Crippen molar-refractivity contribution in [3.8, 4) is 5.69 Å². The van der Waals surface area contributed by atoms with Gasteiger partial charge in [-0.2, -0.15) is 0 Å². The molecule has 0 unspecified atom stereocenters. The molecule has 6 nitrogen and oxygen atoms in total. The van der Waals surface area contributed by atoms with Crippen LogP contribution in [0.2, 0.25) is 5.02 Å². The van der Waals surface area contributed by atoms with Crippen LogP contribution in [0.1, 0.15) is 35.9 Å². The van der Waals surface area contributed by atoms with Crippen molar-refractivity contribution >= 4 is 17.5 Å². The Bertz CT molecular complexity index is 706. The first-order valence-electron chi connectivity index (χ1n) is 7.85. The van der Waals surface area contributed by atoms with Crippen LogP contribution in [0.15, 0.2) is 24.3 Å². The number of hydrogen-bond donors (Lipinski definition) is 1. The molecular weight excluding hydrogens is 314 g/mol. The van der Waals surface area contributed by atoms with Gasteiger partial charge in [0.05, 0.1) is 11.4 Å². The van der Waals surface area contributed by atoms with Gasteiger partial charge < -0.3 is 10.6 Å². The lowest BCUT2D eigenvalue weighted by Crippen LogP contribution is -2.43. The zero-order valence-corrected chi connectivity index (χ0v) is 13.8. The van der Waals surface area contributed by atoms with Crippen molar-refractivity contribution in [1.82, 2.24) is 19.9 Å². The van der Waals surface area contributed by atoms with E-state index in [9.17, 15) is 4.79 Å². The predicted octanol–water partition coefficient (Wildman–Crippen LogP) is 2.05. The number of aromatic nitrogens is 3. The Balaban J connectivity index is 1.90. The minimum Gasteiger partial charge on any atom is -0.337 e. The van der Waals surface area contributed by atoms with Crippen LogP contribution < -0.4 is 5.73 Å². The third kappa shape index (κ3) is 3.23. The third-order valence-electron chi connectivity index (χ3n) is 4.18. The first-order chi connectivity index (χ1) is 11.1. The minimum atomic E-state index is -0.0676. The highest BCUT2D eigenvalue weighted by Crippen LogP contribution is 2.20. The summed E-state index contributed by atoms with van der Waals surface area (Å²) in [5, 5.41) is 8.92. The lowest BCUT2D eigenvalue weighted by Gasteiger charge is -2.29. The lowest BCUT2D eigenvalue weighted by atomic mass is 10.1. The van der Waals surface area contributed by atoms with Gasteiger partial charge in [-0.3, -0.25) is 4.79 Å². The van der Waals surface area contributed by atoms with E-state index in [1.807, 2.05) is 30.0 Å². The summed E-state index contributed by atoms with van der Waals surface area (Å²) in [6.07, 6.45) is 2.32. The molecule has 23 heavy (non-hydrogen) atoms. The molecule has 2 aromatic rings. The summed E-state index contributed by atoms with van der Waals surface area (Å²) < 4.78 is 1.69. The smallest absolute Gasteiger partial charge is 0.276 e. The zero-order valence-electron chi connectivity index (χ0n) is 13.1. The second kappa shape index (κ2) is 6.68. The van der Waals surface area contributed by atoms with Crippen LogP contribution >= 0.6 is 11.6 Å². The molecule has 7 heteroatoms. The lowest BCUT2D eigenvalue weighted by molar-refractivity contribution is 0.0707. The summed E-state index contributed by atoms with van der Waals surface area (Å²) in [4.78, 5) is 14.6. The topological polar surface area (TPSA) is 77.0 Å². The first kappa shape index (κ1) is 16.0. The van der Waals surface area contributed by atoms with E-state index in [0.29, 0.717) is 30.2 Å². The highest BCUT2D eigenvalue weighted by atomic mass is 35.5. The van der Waals surface area contributed by atoms with Gasteiger partial charge in [0.15, 0.2) is 5.69 Å². The number of hydrogen-bond acceptors (Lipinski definition) is 4. The van der Waals surface area contributed by atoms with Crippen molar-refractivity contribution in [2.24, 2.45) is 5.73 Å². The van der Waals surface area contributed by atoms with E-state index < -0.39 is 0 Å². The van der Waals surface area contributed by atoms with E-state index >= 15 is 0 Å². The molecule has 0 atom stereocenters. The van der Waals surface area contributed by atoms with Gasteiger partial charge >= 0.3 is 0 Å². The molecule has 3 rings (SSSR count). The fourth-order valence-electron chi connectivity index (χ4n) is 2.85. The summed E-state index contributed by atoms with van der Waals surface area (Å²) in [7, 11) is 0.